The van der Waals surface area contributed by atoms with Gasteiger partial charge >= 0.3 is 5.97 Å². The molecule has 1 aromatic heterocycles. The van der Waals surface area contributed by atoms with Gasteiger partial charge < -0.3 is 9.72 Å². The predicted molar refractivity (Wildman–Crippen MR) is 97.5 cm³/mol. The van der Waals surface area contributed by atoms with Crippen LogP contribution in [0.1, 0.15) is 17.4 Å². The van der Waals surface area contributed by atoms with E-state index >= 15 is 0 Å². The van der Waals surface area contributed by atoms with Crippen molar-refractivity contribution in [2.45, 2.75) is 16.7 Å². The molecule has 0 unspecified atom stereocenters. The molecule has 0 radical (unpaired) electrons. The number of hydrogen-bond donors (Lipinski definition) is 1. The minimum atomic E-state index is -0.364. The molecule has 1 heterocycles. The number of hydrogen-bond acceptors (Lipinski definition) is 3. The monoisotopic (exact) mass is 409 g/mol. The van der Waals surface area contributed by atoms with Gasteiger partial charge in [0.1, 0.15) is 5.69 Å². The quantitative estimate of drug-likeness (QED) is 0.543. The van der Waals surface area contributed by atoms with Crippen molar-refractivity contribution in [3.63, 3.8) is 0 Å². The van der Waals surface area contributed by atoms with Crippen LogP contribution in [0.15, 0.2) is 56.7 Å². The zero-order chi connectivity index (χ0) is 16.4. The van der Waals surface area contributed by atoms with Crippen LogP contribution in [0.2, 0.25) is 5.02 Å². The molecule has 0 fully saturated rings. The van der Waals surface area contributed by atoms with Crippen LogP contribution < -0.4 is 0 Å². The van der Waals surface area contributed by atoms with Crippen LogP contribution in [0.5, 0.6) is 0 Å². The first-order valence-corrected chi connectivity index (χ1v) is 8.99. The molecule has 0 aliphatic carbocycles. The number of benzene rings is 2. The molecule has 3 aromatic rings. The Balaban J connectivity index is 2.11. The summed E-state index contributed by atoms with van der Waals surface area (Å²) in [6.07, 6.45) is 0. The molecule has 3 nitrogen and oxygen atoms in total. The van der Waals surface area contributed by atoms with Gasteiger partial charge in [-0.25, -0.2) is 4.79 Å². The third kappa shape index (κ3) is 3.57. The predicted octanol–water partition coefficient (Wildman–Crippen LogP) is 5.91. The van der Waals surface area contributed by atoms with Crippen LogP contribution >= 0.6 is 39.3 Å². The summed E-state index contributed by atoms with van der Waals surface area (Å²) in [6.45, 7) is 2.12. The molecule has 0 spiro atoms. The molecule has 2 aromatic carbocycles. The SMILES string of the molecule is CCOC(=O)c1[nH]c2cc(Cl)ccc2c1Sc1cccc(Br)c1. The number of nitrogens with one attached hydrogen (secondary N) is 1. The summed E-state index contributed by atoms with van der Waals surface area (Å²) in [7, 11) is 0. The number of carbonyl (C=O) groups excluding carboxylic acids is 1. The Hall–Kier alpha value is -1.43. The lowest BCUT2D eigenvalue weighted by atomic mass is 10.2. The van der Waals surface area contributed by atoms with Gasteiger partial charge in [-0.2, -0.15) is 0 Å². The molecular formula is C17H13BrClNO2S. The van der Waals surface area contributed by atoms with Crippen molar-refractivity contribution in [3.8, 4) is 0 Å². The fourth-order valence-electron chi connectivity index (χ4n) is 2.25. The Morgan fingerprint density at radius 1 is 1.30 bits per heavy atom. The standard InChI is InChI=1S/C17H13BrClNO2S/c1-2-22-17(21)15-16(23-12-5-3-4-10(18)8-12)13-7-6-11(19)9-14(13)20-15/h3-9,20H,2H2,1H3. The Labute approximate surface area is 151 Å². The molecule has 118 valence electrons. The first-order valence-electron chi connectivity index (χ1n) is 7.00. The second-order valence-electron chi connectivity index (χ2n) is 4.80. The van der Waals surface area contributed by atoms with E-state index in [0.29, 0.717) is 17.3 Å². The number of rotatable bonds is 4. The molecule has 0 amide bonds. The van der Waals surface area contributed by atoms with E-state index < -0.39 is 0 Å². The number of aromatic amines is 1. The average molecular weight is 411 g/mol. The van der Waals surface area contributed by atoms with Crippen molar-refractivity contribution < 1.29 is 9.53 Å². The summed E-state index contributed by atoms with van der Waals surface area (Å²) >= 11 is 11.0. The van der Waals surface area contributed by atoms with Gasteiger partial charge in [0.2, 0.25) is 0 Å². The summed E-state index contributed by atoms with van der Waals surface area (Å²) in [6, 6.07) is 13.5. The first-order chi connectivity index (χ1) is 11.1. The van der Waals surface area contributed by atoms with Gasteiger partial charge in [0.05, 0.1) is 11.5 Å². The maximum Gasteiger partial charge on any atom is 0.355 e. The van der Waals surface area contributed by atoms with E-state index in [1.165, 1.54) is 11.8 Å². The van der Waals surface area contributed by atoms with E-state index in [1.807, 2.05) is 42.5 Å². The highest BCUT2D eigenvalue weighted by Crippen LogP contribution is 2.38. The van der Waals surface area contributed by atoms with Crippen LogP contribution in [0.25, 0.3) is 10.9 Å². The van der Waals surface area contributed by atoms with Crippen LogP contribution in [0.3, 0.4) is 0 Å². The number of esters is 1. The van der Waals surface area contributed by atoms with Crippen molar-refractivity contribution in [2.24, 2.45) is 0 Å². The van der Waals surface area contributed by atoms with Gasteiger partial charge in [0.15, 0.2) is 0 Å². The summed E-state index contributed by atoms with van der Waals surface area (Å²) in [5.74, 6) is -0.364. The molecule has 0 aliphatic heterocycles. The van der Waals surface area contributed by atoms with Gasteiger partial charge in [0.25, 0.3) is 0 Å². The molecule has 6 heteroatoms. The third-order valence-corrected chi connectivity index (χ3v) is 5.05. The maximum absolute atomic E-state index is 12.3. The van der Waals surface area contributed by atoms with Crippen LogP contribution in [-0.4, -0.2) is 17.6 Å². The third-order valence-electron chi connectivity index (χ3n) is 3.21. The van der Waals surface area contributed by atoms with Crippen LogP contribution in [0.4, 0.5) is 0 Å². The minimum absolute atomic E-state index is 0.329. The van der Waals surface area contributed by atoms with Gasteiger partial charge in [-0.05, 0) is 37.3 Å². The van der Waals surface area contributed by atoms with Crippen molar-refractivity contribution in [2.75, 3.05) is 6.61 Å². The summed E-state index contributed by atoms with van der Waals surface area (Å²) in [5.41, 5.74) is 1.27. The molecule has 23 heavy (non-hydrogen) atoms. The van der Waals surface area contributed by atoms with Crippen molar-refractivity contribution in [1.29, 1.82) is 0 Å². The Kier molecular flexibility index (Phi) is 4.99. The van der Waals surface area contributed by atoms with Crippen molar-refractivity contribution in [1.82, 2.24) is 4.98 Å². The Morgan fingerprint density at radius 2 is 2.13 bits per heavy atom. The van der Waals surface area contributed by atoms with Gasteiger partial charge in [-0.1, -0.05) is 51.4 Å². The number of aromatic nitrogens is 1. The second-order valence-corrected chi connectivity index (χ2v) is 7.23. The van der Waals surface area contributed by atoms with E-state index in [2.05, 4.69) is 20.9 Å². The largest absolute Gasteiger partial charge is 0.461 e. The van der Waals surface area contributed by atoms with Gasteiger partial charge in [-0.3, -0.25) is 0 Å². The van der Waals surface area contributed by atoms with Gasteiger partial charge in [-0.15, -0.1) is 0 Å². The molecule has 3 rings (SSSR count). The number of fused-ring (bicyclic) bond motifs is 1. The number of carbonyl (C=O) groups is 1. The lowest BCUT2D eigenvalue weighted by Crippen LogP contribution is -2.06. The lowest BCUT2D eigenvalue weighted by molar-refractivity contribution is 0.0516. The van der Waals surface area contributed by atoms with E-state index in [1.54, 1.807) is 6.92 Å². The fourth-order valence-corrected chi connectivity index (χ4v) is 4.06. The zero-order valence-corrected chi connectivity index (χ0v) is 15.4. The molecule has 0 saturated carbocycles. The number of halogens is 2. The van der Waals surface area contributed by atoms with E-state index in [0.717, 1.165) is 25.2 Å². The molecular weight excluding hydrogens is 398 g/mol. The highest BCUT2D eigenvalue weighted by Gasteiger charge is 2.20. The molecule has 0 aliphatic rings. The average Bonchev–Trinajstić information content (AvgIpc) is 2.85. The summed E-state index contributed by atoms with van der Waals surface area (Å²) < 4.78 is 6.15. The highest BCUT2D eigenvalue weighted by atomic mass is 79.9. The summed E-state index contributed by atoms with van der Waals surface area (Å²) in [5, 5.41) is 1.57. The topological polar surface area (TPSA) is 42.1 Å². The first kappa shape index (κ1) is 16.4. The van der Waals surface area contributed by atoms with Crippen LogP contribution in [-0.2, 0) is 4.74 Å². The highest BCUT2D eigenvalue weighted by molar-refractivity contribution is 9.10. The second kappa shape index (κ2) is 6.99. The van der Waals surface area contributed by atoms with E-state index in [-0.39, 0.29) is 5.97 Å². The lowest BCUT2D eigenvalue weighted by Gasteiger charge is -2.05. The Morgan fingerprint density at radius 3 is 2.87 bits per heavy atom. The van der Waals surface area contributed by atoms with E-state index in [9.17, 15) is 4.79 Å². The van der Waals surface area contributed by atoms with Gasteiger partial charge in [0, 0.05) is 25.3 Å². The summed E-state index contributed by atoms with van der Waals surface area (Å²) in [4.78, 5) is 17.3. The smallest absolute Gasteiger partial charge is 0.355 e. The number of H-pyrrole nitrogens is 1. The minimum Gasteiger partial charge on any atom is -0.461 e. The van der Waals surface area contributed by atoms with Crippen molar-refractivity contribution in [3.05, 3.63) is 57.7 Å². The molecule has 0 saturated heterocycles. The normalized spacial score (nSPS) is 10.9. The maximum atomic E-state index is 12.3. The Bertz CT molecular complexity index is 878. The van der Waals surface area contributed by atoms with Crippen LogP contribution in [0, 0.1) is 0 Å². The zero-order valence-electron chi connectivity index (χ0n) is 12.2. The molecule has 0 bridgehead atoms. The number of ether oxygens (including phenoxy) is 1. The van der Waals surface area contributed by atoms with E-state index in [4.69, 9.17) is 16.3 Å². The van der Waals surface area contributed by atoms with Crippen molar-refractivity contribution >= 4 is 56.2 Å². The molecule has 0 atom stereocenters. The fraction of sp³-hybridized carbons (Fsp3) is 0.118. The molecule has 1 N–H and O–H groups in total.